The zero-order valence-corrected chi connectivity index (χ0v) is 12.8. The topological polar surface area (TPSA) is 46.4 Å². The quantitative estimate of drug-likeness (QED) is 0.796. The first-order chi connectivity index (χ1) is 11.4. The van der Waals surface area contributed by atoms with E-state index >= 15 is 0 Å². The van der Waals surface area contributed by atoms with Crippen LogP contribution in [-0.2, 0) is 12.7 Å². The van der Waals surface area contributed by atoms with Gasteiger partial charge in [0, 0.05) is 12.7 Å². The van der Waals surface area contributed by atoms with Gasteiger partial charge in [0.1, 0.15) is 11.3 Å². The summed E-state index contributed by atoms with van der Waals surface area (Å²) in [7, 11) is 0. The highest BCUT2D eigenvalue weighted by Gasteiger charge is 2.31. The molecular weight excluding hydrogens is 319 g/mol. The summed E-state index contributed by atoms with van der Waals surface area (Å²) in [5, 5.41) is 2.71. The third-order valence-corrected chi connectivity index (χ3v) is 3.63. The van der Waals surface area contributed by atoms with Crippen LogP contribution in [0.25, 0.3) is 5.65 Å². The average molecular weight is 333 g/mol. The SMILES string of the molecule is Cc1nc2ccc(C(F)(F)F)cn2c1C(=O)NCc1ccccc1. The van der Waals surface area contributed by atoms with Crippen molar-refractivity contribution in [2.45, 2.75) is 19.6 Å². The van der Waals surface area contributed by atoms with Crippen LogP contribution in [0.4, 0.5) is 13.2 Å². The number of pyridine rings is 1. The number of aryl methyl sites for hydroxylation is 1. The molecule has 124 valence electrons. The molecule has 0 bridgehead atoms. The lowest BCUT2D eigenvalue weighted by atomic mass is 10.2. The van der Waals surface area contributed by atoms with Gasteiger partial charge in [-0.05, 0) is 24.6 Å². The predicted octanol–water partition coefficient (Wildman–Crippen LogP) is 3.59. The summed E-state index contributed by atoms with van der Waals surface area (Å²) >= 11 is 0. The van der Waals surface area contributed by atoms with E-state index in [0.717, 1.165) is 17.8 Å². The summed E-state index contributed by atoms with van der Waals surface area (Å²) in [6, 6.07) is 11.5. The third-order valence-electron chi connectivity index (χ3n) is 3.63. The smallest absolute Gasteiger partial charge is 0.347 e. The normalized spacial score (nSPS) is 11.7. The third kappa shape index (κ3) is 3.10. The van der Waals surface area contributed by atoms with E-state index in [-0.39, 0.29) is 12.2 Å². The Bertz CT molecular complexity index is 885. The number of benzene rings is 1. The molecule has 0 unspecified atom stereocenters. The summed E-state index contributed by atoms with van der Waals surface area (Å²) in [5.74, 6) is -0.469. The van der Waals surface area contributed by atoms with E-state index in [0.29, 0.717) is 11.3 Å². The second-order valence-electron chi connectivity index (χ2n) is 5.36. The van der Waals surface area contributed by atoms with Gasteiger partial charge in [-0.15, -0.1) is 0 Å². The Kier molecular flexibility index (Phi) is 4.01. The molecule has 0 saturated heterocycles. The van der Waals surface area contributed by atoms with Gasteiger partial charge in [0.05, 0.1) is 11.3 Å². The van der Waals surface area contributed by atoms with E-state index < -0.39 is 17.6 Å². The second kappa shape index (κ2) is 5.99. The van der Waals surface area contributed by atoms with E-state index in [1.54, 1.807) is 6.92 Å². The number of aromatic nitrogens is 2. The number of carbonyl (C=O) groups is 1. The van der Waals surface area contributed by atoms with Crippen molar-refractivity contribution in [2.24, 2.45) is 0 Å². The second-order valence-corrected chi connectivity index (χ2v) is 5.36. The molecule has 24 heavy (non-hydrogen) atoms. The van der Waals surface area contributed by atoms with Crippen LogP contribution in [0.2, 0.25) is 0 Å². The molecule has 0 radical (unpaired) electrons. The largest absolute Gasteiger partial charge is 0.417 e. The van der Waals surface area contributed by atoms with Gasteiger partial charge in [0.25, 0.3) is 5.91 Å². The first-order valence-electron chi connectivity index (χ1n) is 7.24. The van der Waals surface area contributed by atoms with Crippen molar-refractivity contribution in [1.29, 1.82) is 0 Å². The van der Waals surface area contributed by atoms with Gasteiger partial charge in [-0.3, -0.25) is 9.20 Å². The van der Waals surface area contributed by atoms with Gasteiger partial charge in [0.2, 0.25) is 0 Å². The maximum atomic E-state index is 12.9. The Morgan fingerprint density at radius 2 is 1.88 bits per heavy atom. The summed E-state index contributed by atoms with van der Waals surface area (Å²) in [6.07, 6.45) is -3.59. The first kappa shape index (κ1) is 16.0. The number of hydrogen-bond acceptors (Lipinski definition) is 2. The number of amides is 1. The summed E-state index contributed by atoms with van der Waals surface area (Å²) < 4.78 is 39.9. The van der Waals surface area contributed by atoms with Crippen LogP contribution in [0.1, 0.15) is 27.3 Å². The molecule has 3 rings (SSSR count). The minimum atomic E-state index is -4.48. The van der Waals surface area contributed by atoms with E-state index in [4.69, 9.17) is 0 Å². The predicted molar refractivity (Wildman–Crippen MR) is 82.5 cm³/mol. The van der Waals surface area contributed by atoms with Crippen LogP contribution in [0, 0.1) is 6.92 Å². The van der Waals surface area contributed by atoms with Crippen molar-refractivity contribution < 1.29 is 18.0 Å². The molecule has 2 heterocycles. The lowest BCUT2D eigenvalue weighted by Crippen LogP contribution is -2.25. The number of carbonyl (C=O) groups excluding carboxylic acids is 1. The Morgan fingerprint density at radius 3 is 2.54 bits per heavy atom. The monoisotopic (exact) mass is 333 g/mol. The number of alkyl halides is 3. The standard InChI is InChI=1S/C17H14F3N3O/c1-11-15(16(24)21-9-12-5-3-2-4-6-12)23-10-13(17(18,19)20)7-8-14(23)22-11/h2-8,10H,9H2,1H3,(H,21,24). The molecule has 1 N–H and O–H groups in total. The fraction of sp³-hybridized carbons (Fsp3) is 0.176. The Balaban J connectivity index is 1.92. The van der Waals surface area contributed by atoms with Crippen LogP contribution in [0.5, 0.6) is 0 Å². The number of halogens is 3. The van der Waals surface area contributed by atoms with Gasteiger partial charge in [-0.2, -0.15) is 13.2 Å². The maximum absolute atomic E-state index is 12.9. The Labute approximate surface area is 135 Å². The maximum Gasteiger partial charge on any atom is 0.417 e. The van der Waals surface area contributed by atoms with Crippen molar-refractivity contribution in [2.75, 3.05) is 0 Å². The van der Waals surface area contributed by atoms with Crippen molar-refractivity contribution in [3.05, 3.63) is 71.2 Å². The number of nitrogens with zero attached hydrogens (tertiary/aromatic N) is 2. The zero-order chi connectivity index (χ0) is 17.3. The minimum absolute atomic E-state index is 0.104. The molecule has 1 aromatic carbocycles. The van der Waals surface area contributed by atoms with E-state index in [2.05, 4.69) is 10.3 Å². The number of fused-ring (bicyclic) bond motifs is 1. The van der Waals surface area contributed by atoms with Gasteiger partial charge >= 0.3 is 6.18 Å². The lowest BCUT2D eigenvalue weighted by Gasteiger charge is -2.09. The molecule has 2 aromatic heterocycles. The number of rotatable bonds is 3. The molecule has 4 nitrogen and oxygen atoms in total. The fourth-order valence-electron chi connectivity index (χ4n) is 2.47. The van der Waals surface area contributed by atoms with Crippen molar-refractivity contribution in [3.63, 3.8) is 0 Å². The van der Waals surface area contributed by atoms with E-state index in [9.17, 15) is 18.0 Å². The molecule has 7 heteroatoms. The Hall–Kier alpha value is -2.83. The van der Waals surface area contributed by atoms with Crippen LogP contribution in [0.3, 0.4) is 0 Å². The van der Waals surface area contributed by atoms with Crippen LogP contribution >= 0.6 is 0 Å². The molecular formula is C17H14F3N3O. The first-order valence-corrected chi connectivity index (χ1v) is 7.24. The average Bonchev–Trinajstić information content (AvgIpc) is 2.87. The number of imidazole rings is 1. The van der Waals surface area contributed by atoms with Gasteiger partial charge in [0.15, 0.2) is 0 Å². The van der Waals surface area contributed by atoms with Gasteiger partial charge in [-0.1, -0.05) is 30.3 Å². The highest BCUT2D eigenvalue weighted by molar-refractivity contribution is 5.94. The van der Waals surface area contributed by atoms with Gasteiger partial charge < -0.3 is 5.32 Å². The highest BCUT2D eigenvalue weighted by Crippen LogP contribution is 2.29. The van der Waals surface area contributed by atoms with Crippen molar-refractivity contribution in [1.82, 2.24) is 14.7 Å². The van der Waals surface area contributed by atoms with E-state index in [1.807, 2.05) is 30.3 Å². The molecule has 1 amide bonds. The van der Waals surface area contributed by atoms with Gasteiger partial charge in [-0.25, -0.2) is 4.98 Å². The van der Waals surface area contributed by atoms with Crippen molar-refractivity contribution >= 4 is 11.6 Å². The molecule has 0 aliphatic heterocycles. The summed E-state index contributed by atoms with van der Waals surface area (Å²) in [4.78, 5) is 16.6. The zero-order valence-electron chi connectivity index (χ0n) is 12.8. The molecule has 0 saturated carbocycles. The minimum Gasteiger partial charge on any atom is -0.347 e. The fourth-order valence-corrected chi connectivity index (χ4v) is 2.47. The number of hydrogen-bond donors (Lipinski definition) is 1. The number of nitrogens with one attached hydrogen (secondary N) is 1. The highest BCUT2D eigenvalue weighted by atomic mass is 19.4. The van der Waals surface area contributed by atoms with Crippen LogP contribution < -0.4 is 5.32 Å². The summed E-state index contributed by atoms with van der Waals surface area (Å²) in [5.41, 5.74) is 0.843. The summed E-state index contributed by atoms with van der Waals surface area (Å²) in [6.45, 7) is 1.88. The van der Waals surface area contributed by atoms with Crippen LogP contribution in [-0.4, -0.2) is 15.3 Å². The lowest BCUT2D eigenvalue weighted by molar-refractivity contribution is -0.137. The molecule has 0 aliphatic carbocycles. The molecule has 0 atom stereocenters. The Morgan fingerprint density at radius 1 is 1.17 bits per heavy atom. The molecule has 0 aliphatic rings. The molecule has 3 aromatic rings. The van der Waals surface area contributed by atoms with E-state index in [1.165, 1.54) is 10.5 Å². The molecule has 0 spiro atoms. The van der Waals surface area contributed by atoms with Crippen molar-refractivity contribution in [3.8, 4) is 0 Å². The molecule has 0 fully saturated rings. The van der Waals surface area contributed by atoms with Crippen LogP contribution in [0.15, 0.2) is 48.7 Å².